The molecule has 8 heteroatoms. The number of carbonyl (C=O) groups is 2. The molecular formula is C17H17N3O4S. The number of rotatable bonds is 5. The molecule has 0 fully saturated rings. The van der Waals surface area contributed by atoms with Crippen LogP contribution >= 0.6 is 11.8 Å². The Morgan fingerprint density at radius 2 is 1.76 bits per heavy atom. The fourth-order valence-electron chi connectivity index (χ4n) is 2.02. The van der Waals surface area contributed by atoms with Gasteiger partial charge in [0, 0.05) is 22.1 Å². The average Bonchev–Trinajstić information content (AvgIpc) is 2.58. The molecule has 0 radical (unpaired) electrons. The molecule has 0 heterocycles. The van der Waals surface area contributed by atoms with Gasteiger partial charge in [-0.25, -0.2) is 0 Å². The number of nitro groups is 1. The van der Waals surface area contributed by atoms with Crippen LogP contribution in [-0.4, -0.2) is 22.5 Å². The zero-order chi connectivity index (χ0) is 18.4. The largest absolute Gasteiger partial charge is 0.272 e. The highest BCUT2D eigenvalue weighted by atomic mass is 32.2. The van der Waals surface area contributed by atoms with Crippen molar-refractivity contribution >= 4 is 29.3 Å². The Labute approximate surface area is 148 Å². The number of nitrogens with one attached hydrogen (secondary N) is 2. The molecule has 0 saturated heterocycles. The van der Waals surface area contributed by atoms with E-state index in [1.807, 2.05) is 31.2 Å². The molecule has 25 heavy (non-hydrogen) atoms. The number of thioether (sulfide) groups is 1. The first-order chi connectivity index (χ1) is 11.9. The van der Waals surface area contributed by atoms with Gasteiger partial charge in [-0.3, -0.25) is 30.6 Å². The third-order valence-corrected chi connectivity index (χ3v) is 4.37. The Morgan fingerprint density at radius 3 is 2.36 bits per heavy atom. The van der Waals surface area contributed by atoms with Gasteiger partial charge in [-0.1, -0.05) is 17.7 Å². The molecule has 2 aromatic carbocycles. The molecule has 0 atom stereocenters. The van der Waals surface area contributed by atoms with Crippen molar-refractivity contribution in [1.82, 2.24) is 10.9 Å². The molecule has 0 unspecified atom stereocenters. The lowest BCUT2D eigenvalue weighted by Gasteiger charge is -2.08. The van der Waals surface area contributed by atoms with E-state index in [9.17, 15) is 19.7 Å². The number of benzene rings is 2. The SMILES string of the molecule is Cc1ccc(SCC(=O)NNC(=O)c2ccc([N+](=O)[O-])c(C)c2)cc1. The summed E-state index contributed by atoms with van der Waals surface area (Å²) in [6.45, 7) is 3.53. The van der Waals surface area contributed by atoms with Gasteiger partial charge in [0.25, 0.3) is 11.6 Å². The first-order valence-electron chi connectivity index (χ1n) is 7.40. The van der Waals surface area contributed by atoms with Crippen molar-refractivity contribution in [1.29, 1.82) is 0 Å². The number of nitrogens with zero attached hydrogens (tertiary/aromatic N) is 1. The van der Waals surface area contributed by atoms with Gasteiger partial charge in [-0.2, -0.15) is 0 Å². The summed E-state index contributed by atoms with van der Waals surface area (Å²) in [6, 6.07) is 11.8. The first-order valence-corrected chi connectivity index (χ1v) is 8.39. The van der Waals surface area contributed by atoms with Crippen LogP contribution in [0.4, 0.5) is 5.69 Å². The van der Waals surface area contributed by atoms with Crippen LogP contribution in [0.15, 0.2) is 47.4 Å². The van der Waals surface area contributed by atoms with Crippen LogP contribution in [0, 0.1) is 24.0 Å². The Bertz CT molecular complexity index is 806. The van der Waals surface area contributed by atoms with Gasteiger partial charge in [0.15, 0.2) is 0 Å². The lowest BCUT2D eigenvalue weighted by Crippen LogP contribution is -2.42. The maximum Gasteiger partial charge on any atom is 0.272 e. The lowest BCUT2D eigenvalue weighted by atomic mass is 10.1. The first kappa shape index (κ1) is 18.5. The predicted octanol–water partition coefficient (Wildman–Crippen LogP) is 2.76. The van der Waals surface area contributed by atoms with Gasteiger partial charge in [0.2, 0.25) is 5.91 Å². The smallest absolute Gasteiger partial charge is 0.272 e. The Balaban J connectivity index is 1.84. The molecule has 7 nitrogen and oxygen atoms in total. The van der Waals surface area contributed by atoms with Gasteiger partial charge in [0.1, 0.15) is 0 Å². The molecule has 0 aliphatic rings. The van der Waals surface area contributed by atoms with Crippen molar-refractivity contribution in [3.05, 3.63) is 69.3 Å². The highest BCUT2D eigenvalue weighted by Gasteiger charge is 2.14. The average molecular weight is 359 g/mol. The lowest BCUT2D eigenvalue weighted by molar-refractivity contribution is -0.385. The normalized spacial score (nSPS) is 10.2. The van der Waals surface area contributed by atoms with Crippen LogP contribution in [0.5, 0.6) is 0 Å². The number of hydrogen-bond acceptors (Lipinski definition) is 5. The van der Waals surface area contributed by atoms with Crippen LogP contribution in [0.25, 0.3) is 0 Å². The van der Waals surface area contributed by atoms with Gasteiger partial charge in [-0.15, -0.1) is 11.8 Å². The highest BCUT2D eigenvalue weighted by Crippen LogP contribution is 2.19. The second-order valence-corrected chi connectivity index (χ2v) is 6.41. The van der Waals surface area contributed by atoms with E-state index < -0.39 is 10.8 Å². The highest BCUT2D eigenvalue weighted by molar-refractivity contribution is 8.00. The maximum atomic E-state index is 12.0. The molecule has 2 aromatic rings. The fourth-order valence-corrected chi connectivity index (χ4v) is 2.72. The fraction of sp³-hybridized carbons (Fsp3) is 0.176. The van der Waals surface area contributed by atoms with Crippen molar-refractivity contribution in [3.8, 4) is 0 Å². The zero-order valence-corrected chi connectivity index (χ0v) is 14.6. The maximum absolute atomic E-state index is 12.0. The van der Waals surface area contributed by atoms with E-state index in [-0.39, 0.29) is 22.9 Å². The third-order valence-electron chi connectivity index (χ3n) is 3.36. The second-order valence-electron chi connectivity index (χ2n) is 5.36. The van der Waals surface area contributed by atoms with E-state index >= 15 is 0 Å². The van der Waals surface area contributed by atoms with Crippen LogP contribution in [-0.2, 0) is 4.79 Å². The summed E-state index contributed by atoms with van der Waals surface area (Å²) < 4.78 is 0. The minimum Gasteiger partial charge on any atom is -0.272 e. The van der Waals surface area contributed by atoms with E-state index in [2.05, 4.69) is 10.9 Å². The van der Waals surface area contributed by atoms with Gasteiger partial charge in [-0.05, 0) is 38.1 Å². The van der Waals surface area contributed by atoms with Crippen molar-refractivity contribution in [2.75, 3.05) is 5.75 Å². The van der Waals surface area contributed by atoms with E-state index in [4.69, 9.17) is 0 Å². The molecule has 2 amide bonds. The van der Waals surface area contributed by atoms with E-state index in [0.717, 1.165) is 10.5 Å². The van der Waals surface area contributed by atoms with Gasteiger partial charge >= 0.3 is 0 Å². The molecular weight excluding hydrogens is 342 g/mol. The van der Waals surface area contributed by atoms with Gasteiger partial charge in [0.05, 0.1) is 10.7 Å². The molecule has 2 N–H and O–H groups in total. The molecule has 130 valence electrons. The Hall–Kier alpha value is -2.87. The zero-order valence-electron chi connectivity index (χ0n) is 13.7. The summed E-state index contributed by atoms with van der Waals surface area (Å²) in [7, 11) is 0. The molecule has 0 aromatic heterocycles. The molecule has 0 spiro atoms. The monoisotopic (exact) mass is 359 g/mol. The summed E-state index contributed by atoms with van der Waals surface area (Å²) in [5.41, 5.74) is 6.31. The quantitative estimate of drug-likeness (QED) is 0.486. The van der Waals surface area contributed by atoms with Crippen LogP contribution in [0.3, 0.4) is 0 Å². The van der Waals surface area contributed by atoms with Crippen LogP contribution in [0.1, 0.15) is 21.5 Å². The Kier molecular flexibility index (Phi) is 6.13. The number of carbonyl (C=O) groups excluding carboxylic acids is 2. The van der Waals surface area contributed by atoms with Crippen LogP contribution in [0.2, 0.25) is 0 Å². The number of aryl methyl sites for hydroxylation is 2. The topological polar surface area (TPSA) is 101 Å². The summed E-state index contributed by atoms with van der Waals surface area (Å²) in [6.07, 6.45) is 0. The number of hydrazine groups is 1. The van der Waals surface area contributed by atoms with Crippen molar-refractivity contribution in [3.63, 3.8) is 0 Å². The second kappa shape index (κ2) is 8.29. The molecule has 0 aliphatic carbocycles. The minimum absolute atomic E-state index is 0.0601. The molecule has 0 bridgehead atoms. The summed E-state index contributed by atoms with van der Waals surface area (Å²) in [4.78, 5) is 35.0. The van der Waals surface area contributed by atoms with Crippen molar-refractivity contribution in [2.45, 2.75) is 18.7 Å². The van der Waals surface area contributed by atoms with Crippen LogP contribution < -0.4 is 10.9 Å². The van der Waals surface area contributed by atoms with E-state index in [1.54, 1.807) is 6.92 Å². The summed E-state index contributed by atoms with van der Waals surface area (Å²) in [5.74, 6) is -0.730. The number of nitro benzene ring substituents is 1. The van der Waals surface area contributed by atoms with Gasteiger partial charge < -0.3 is 0 Å². The molecule has 0 aliphatic heterocycles. The van der Waals surface area contributed by atoms with Crippen molar-refractivity contribution in [2.24, 2.45) is 0 Å². The van der Waals surface area contributed by atoms with Crippen molar-refractivity contribution < 1.29 is 14.5 Å². The van der Waals surface area contributed by atoms with E-state index in [0.29, 0.717) is 5.56 Å². The molecule has 0 saturated carbocycles. The molecule has 2 rings (SSSR count). The number of hydrogen-bond donors (Lipinski definition) is 2. The standard InChI is InChI=1S/C17H17N3O4S/c1-11-3-6-14(7-4-11)25-10-16(21)18-19-17(22)13-5-8-15(20(23)24)12(2)9-13/h3-9H,10H2,1-2H3,(H,18,21)(H,19,22). The van der Waals surface area contributed by atoms with E-state index in [1.165, 1.54) is 30.0 Å². The summed E-state index contributed by atoms with van der Waals surface area (Å²) >= 11 is 1.35. The third kappa shape index (κ3) is 5.32. The Morgan fingerprint density at radius 1 is 1.08 bits per heavy atom. The predicted molar refractivity (Wildman–Crippen MR) is 95.3 cm³/mol. The number of amides is 2. The summed E-state index contributed by atoms with van der Waals surface area (Å²) in [5, 5.41) is 10.8. The minimum atomic E-state index is -0.535.